The van der Waals surface area contributed by atoms with Gasteiger partial charge in [-0.25, -0.2) is 4.98 Å². The lowest BCUT2D eigenvalue weighted by Gasteiger charge is -2.04. The number of imidazole rings is 1. The van der Waals surface area contributed by atoms with Gasteiger partial charge in [0.15, 0.2) is 11.5 Å². The number of benzene rings is 1. The van der Waals surface area contributed by atoms with E-state index in [1.807, 2.05) is 35.9 Å². The average molecular weight is 309 g/mol. The third-order valence-electron chi connectivity index (χ3n) is 3.79. The van der Waals surface area contributed by atoms with E-state index in [9.17, 15) is 4.79 Å². The highest BCUT2D eigenvalue weighted by atomic mass is 16.7. The molecule has 6 nitrogen and oxygen atoms in total. The van der Waals surface area contributed by atoms with Crippen LogP contribution in [-0.4, -0.2) is 22.1 Å². The highest BCUT2D eigenvalue weighted by molar-refractivity contribution is 5.94. The highest BCUT2D eigenvalue weighted by Gasteiger charge is 2.16. The summed E-state index contributed by atoms with van der Waals surface area (Å²) in [4.78, 5) is 16.8. The molecule has 1 aromatic carbocycles. The van der Waals surface area contributed by atoms with Crippen molar-refractivity contribution in [2.24, 2.45) is 0 Å². The molecule has 4 rings (SSSR count). The molecule has 0 saturated heterocycles. The lowest BCUT2D eigenvalue weighted by molar-refractivity contribution is 0.0950. The summed E-state index contributed by atoms with van der Waals surface area (Å²) in [5.74, 6) is 1.09. The van der Waals surface area contributed by atoms with Gasteiger partial charge in [-0.05, 0) is 36.8 Å². The van der Waals surface area contributed by atoms with E-state index in [1.165, 1.54) is 0 Å². The Morgan fingerprint density at radius 1 is 1.30 bits per heavy atom. The van der Waals surface area contributed by atoms with Crippen molar-refractivity contribution in [3.05, 3.63) is 59.5 Å². The molecular weight excluding hydrogens is 294 g/mol. The Labute approximate surface area is 132 Å². The first kappa shape index (κ1) is 13.6. The maximum absolute atomic E-state index is 12.3. The van der Waals surface area contributed by atoms with Gasteiger partial charge in [0.1, 0.15) is 5.65 Å². The molecule has 0 unspecified atom stereocenters. The zero-order chi connectivity index (χ0) is 15.8. The number of ether oxygens (including phenoxy) is 2. The van der Waals surface area contributed by atoms with Gasteiger partial charge in [-0.2, -0.15) is 0 Å². The first-order chi connectivity index (χ1) is 11.2. The van der Waals surface area contributed by atoms with E-state index in [0.29, 0.717) is 23.6 Å². The van der Waals surface area contributed by atoms with Crippen LogP contribution in [-0.2, 0) is 6.54 Å². The summed E-state index contributed by atoms with van der Waals surface area (Å²) in [5, 5.41) is 2.88. The summed E-state index contributed by atoms with van der Waals surface area (Å²) in [6, 6.07) is 9.13. The minimum absolute atomic E-state index is 0.169. The zero-order valence-electron chi connectivity index (χ0n) is 12.6. The molecule has 1 aliphatic heterocycles. The number of fused-ring (bicyclic) bond motifs is 2. The van der Waals surface area contributed by atoms with Crippen molar-refractivity contribution in [2.45, 2.75) is 13.5 Å². The van der Waals surface area contributed by atoms with Crippen molar-refractivity contribution in [2.75, 3.05) is 6.79 Å². The molecular formula is C17H15N3O3. The summed E-state index contributed by atoms with van der Waals surface area (Å²) < 4.78 is 12.5. The van der Waals surface area contributed by atoms with E-state index in [2.05, 4.69) is 10.3 Å². The number of hydrogen-bond acceptors (Lipinski definition) is 4. The van der Waals surface area contributed by atoms with E-state index in [0.717, 1.165) is 16.9 Å². The number of nitrogens with one attached hydrogen (secondary N) is 1. The number of aromatic nitrogens is 2. The number of carbonyl (C=O) groups is 1. The van der Waals surface area contributed by atoms with Gasteiger partial charge in [-0.1, -0.05) is 6.07 Å². The minimum atomic E-state index is -0.169. The van der Waals surface area contributed by atoms with Crippen LogP contribution in [0.3, 0.4) is 0 Å². The molecule has 3 heterocycles. The van der Waals surface area contributed by atoms with Crippen LogP contribution in [0.25, 0.3) is 5.65 Å². The molecule has 2 aromatic heterocycles. The van der Waals surface area contributed by atoms with Gasteiger partial charge in [-0.3, -0.25) is 4.79 Å². The van der Waals surface area contributed by atoms with Crippen LogP contribution < -0.4 is 14.8 Å². The second kappa shape index (κ2) is 5.31. The van der Waals surface area contributed by atoms with E-state index < -0.39 is 0 Å². The summed E-state index contributed by atoms with van der Waals surface area (Å²) in [7, 11) is 0. The molecule has 1 aliphatic rings. The number of pyridine rings is 1. The zero-order valence-corrected chi connectivity index (χ0v) is 12.6. The predicted molar refractivity (Wildman–Crippen MR) is 83.7 cm³/mol. The van der Waals surface area contributed by atoms with Gasteiger partial charge in [0.2, 0.25) is 6.79 Å². The number of rotatable bonds is 3. The molecule has 0 aliphatic carbocycles. The van der Waals surface area contributed by atoms with Crippen molar-refractivity contribution in [1.82, 2.24) is 14.7 Å². The third-order valence-corrected chi connectivity index (χ3v) is 3.79. The Bertz CT molecular complexity index is 901. The molecule has 0 fully saturated rings. The van der Waals surface area contributed by atoms with E-state index in [1.54, 1.807) is 18.2 Å². The van der Waals surface area contributed by atoms with Crippen LogP contribution in [0.2, 0.25) is 0 Å². The van der Waals surface area contributed by atoms with Crippen LogP contribution >= 0.6 is 0 Å². The number of carbonyl (C=O) groups excluding carboxylic acids is 1. The lowest BCUT2D eigenvalue weighted by atomic mass is 10.2. The fraction of sp³-hybridized carbons (Fsp3) is 0.176. The topological polar surface area (TPSA) is 64.9 Å². The monoisotopic (exact) mass is 309 g/mol. The maximum Gasteiger partial charge on any atom is 0.251 e. The first-order valence-electron chi connectivity index (χ1n) is 7.32. The maximum atomic E-state index is 12.3. The molecule has 0 atom stereocenters. The molecule has 0 saturated carbocycles. The molecule has 23 heavy (non-hydrogen) atoms. The summed E-state index contributed by atoms with van der Waals surface area (Å²) in [6.45, 7) is 2.58. The van der Waals surface area contributed by atoms with Crippen molar-refractivity contribution in [3.63, 3.8) is 0 Å². The number of nitrogens with zero attached hydrogens (tertiary/aromatic N) is 2. The smallest absolute Gasteiger partial charge is 0.251 e. The third kappa shape index (κ3) is 2.48. The van der Waals surface area contributed by atoms with Crippen molar-refractivity contribution < 1.29 is 14.3 Å². The summed E-state index contributed by atoms with van der Waals surface area (Å²) in [5.41, 5.74) is 3.35. The van der Waals surface area contributed by atoms with Crippen LogP contribution in [0.4, 0.5) is 0 Å². The molecule has 0 spiro atoms. The molecule has 1 amide bonds. The van der Waals surface area contributed by atoms with Crippen LogP contribution in [0.1, 0.15) is 21.6 Å². The molecule has 116 valence electrons. The van der Waals surface area contributed by atoms with Crippen molar-refractivity contribution >= 4 is 11.6 Å². The number of hydrogen-bond donors (Lipinski definition) is 1. The van der Waals surface area contributed by atoms with Gasteiger partial charge >= 0.3 is 0 Å². The molecule has 0 radical (unpaired) electrons. The van der Waals surface area contributed by atoms with Gasteiger partial charge < -0.3 is 19.2 Å². The van der Waals surface area contributed by atoms with E-state index in [4.69, 9.17) is 9.47 Å². The van der Waals surface area contributed by atoms with E-state index >= 15 is 0 Å². The van der Waals surface area contributed by atoms with E-state index in [-0.39, 0.29) is 12.7 Å². The molecule has 1 N–H and O–H groups in total. The second-order valence-corrected chi connectivity index (χ2v) is 5.41. The quantitative estimate of drug-likeness (QED) is 0.806. The summed E-state index contributed by atoms with van der Waals surface area (Å²) >= 11 is 0. The largest absolute Gasteiger partial charge is 0.454 e. The van der Waals surface area contributed by atoms with Crippen molar-refractivity contribution in [3.8, 4) is 11.5 Å². The van der Waals surface area contributed by atoms with Crippen molar-refractivity contribution in [1.29, 1.82) is 0 Å². The molecule has 0 bridgehead atoms. The fourth-order valence-electron chi connectivity index (χ4n) is 2.60. The van der Waals surface area contributed by atoms with Gasteiger partial charge in [0.05, 0.1) is 12.2 Å². The Balaban J connectivity index is 1.49. The Kier molecular flexibility index (Phi) is 3.15. The number of amides is 1. The van der Waals surface area contributed by atoms with Crippen LogP contribution in [0.5, 0.6) is 11.5 Å². The number of aryl methyl sites for hydroxylation is 1. The first-order valence-corrected chi connectivity index (χ1v) is 7.32. The normalized spacial score (nSPS) is 12.6. The highest BCUT2D eigenvalue weighted by Crippen LogP contribution is 2.32. The van der Waals surface area contributed by atoms with Gasteiger partial charge in [-0.15, -0.1) is 0 Å². The molecule has 6 heteroatoms. The Morgan fingerprint density at radius 2 is 2.17 bits per heavy atom. The lowest BCUT2D eigenvalue weighted by Crippen LogP contribution is -2.22. The average Bonchev–Trinajstić information content (AvgIpc) is 3.18. The second-order valence-electron chi connectivity index (χ2n) is 5.41. The SMILES string of the molecule is Cc1cccn2cc(CNC(=O)c3ccc4c(c3)OCO4)nc12. The van der Waals surface area contributed by atoms with Crippen LogP contribution in [0.15, 0.2) is 42.7 Å². The Morgan fingerprint density at radius 3 is 3.04 bits per heavy atom. The minimum Gasteiger partial charge on any atom is -0.454 e. The van der Waals surface area contributed by atoms with Crippen LogP contribution in [0, 0.1) is 6.92 Å². The molecule has 3 aromatic rings. The standard InChI is InChI=1S/C17H15N3O3/c1-11-3-2-6-20-9-13(19-16(11)20)8-18-17(21)12-4-5-14-15(7-12)23-10-22-14/h2-7,9H,8,10H2,1H3,(H,18,21). The summed E-state index contributed by atoms with van der Waals surface area (Å²) in [6.07, 6.45) is 3.86. The van der Waals surface area contributed by atoms with Gasteiger partial charge in [0, 0.05) is 18.0 Å². The Hall–Kier alpha value is -3.02. The van der Waals surface area contributed by atoms with Gasteiger partial charge in [0.25, 0.3) is 5.91 Å². The predicted octanol–water partition coefficient (Wildman–Crippen LogP) is 2.30. The fourth-order valence-corrected chi connectivity index (χ4v) is 2.60.